The van der Waals surface area contributed by atoms with Gasteiger partial charge in [0, 0.05) is 25.0 Å². The average Bonchev–Trinajstić information content (AvgIpc) is 2.72. The molecule has 0 amide bonds. The Kier molecular flexibility index (Phi) is 9.43. The SMILES string of the molecule is CN=C(NCCCSc1ccc(F)cc1)NCc1ccc(CS(=O)(=O)NC)cc1. The number of nitrogens with zero attached hydrogens (tertiary/aromatic N) is 1. The zero-order valence-corrected chi connectivity index (χ0v) is 18.2. The van der Waals surface area contributed by atoms with Crippen molar-refractivity contribution in [2.75, 3.05) is 26.4 Å². The molecule has 0 bridgehead atoms. The van der Waals surface area contributed by atoms with E-state index in [1.165, 1.54) is 19.2 Å². The second kappa shape index (κ2) is 11.8. The molecule has 0 heterocycles. The van der Waals surface area contributed by atoms with E-state index in [0.717, 1.165) is 34.7 Å². The number of halogens is 1. The molecular weight excluding hydrogens is 411 g/mol. The van der Waals surface area contributed by atoms with Crippen LogP contribution in [0.1, 0.15) is 17.5 Å². The third kappa shape index (κ3) is 8.84. The largest absolute Gasteiger partial charge is 0.356 e. The minimum absolute atomic E-state index is 0.0314. The molecule has 0 aliphatic rings. The molecule has 3 N–H and O–H groups in total. The van der Waals surface area contributed by atoms with E-state index in [2.05, 4.69) is 20.3 Å². The number of sulfonamides is 1. The van der Waals surface area contributed by atoms with Crippen LogP contribution < -0.4 is 15.4 Å². The van der Waals surface area contributed by atoms with Crippen molar-refractivity contribution in [3.63, 3.8) is 0 Å². The number of aliphatic imine (C=N–C) groups is 1. The van der Waals surface area contributed by atoms with Crippen LogP contribution in [0.4, 0.5) is 4.39 Å². The predicted molar refractivity (Wildman–Crippen MR) is 118 cm³/mol. The third-order valence-corrected chi connectivity index (χ3v) is 6.50. The van der Waals surface area contributed by atoms with Crippen molar-refractivity contribution in [2.45, 2.75) is 23.6 Å². The van der Waals surface area contributed by atoms with Gasteiger partial charge in [-0.2, -0.15) is 0 Å². The maximum Gasteiger partial charge on any atom is 0.215 e. The highest BCUT2D eigenvalue weighted by molar-refractivity contribution is 7.99. The van der Waals surface area contributed by atoms with E-state index in [9.17, 15) is 12.8 Å². The van der Waals surface area contributed by atoms with E-state index < -0.39 is 10.0 Å². The zero-order chi connectivity index (χ0) is 21.1. The van der Waals surface area contributed by atoms with Gasteiger partial charge in [0.25, 0.3) is 0 Å². The fraction of sp³-hybridized carbons (Fsp3) is 0.350. The maximum atomic E-state index is 12.9. The first kappa shape index (κ1) is 23.2. The monoisotopic (exact) mass is 438 g/mol. The molecule has 0 unspecified atom stereocenters. The summed E-state index contributed by atoms with van der Waals surface area (Å²) in [5.74, 6) is 1.38. The first-order valence-electron chi connectivity index (χ1n) is 9.24. The molecule has 0 saturated carbocycles. The molecule has 6 nitrogen and oxygen atoms in total. The van der Waals surface area contributed by atoms with Gasteiger partial charge >= 0.3 is 0 Å². The van der Waals surface area contributed by atoms with Gasteiger partial charge in [0.05, 0.1) is 5.75 Å². The Bertz CT molecular complexity index is 886. The van der Waals surface area contributed by atoms with Gasteiger partial charge in [-0.15, -0.1) is 11.8 Å². The fourth-order valence-corrected chi connectivity index (χ4v) is 4.08. The highest BCUT2D eigenvalue weighted by Crippen LogP contribution is 2.18. The Morgan fingerprint density at radius 1 is 1.03 bits per heavy atom. The van der Waals surface area contributed by atoms with Crippen LogP contribution in [0.5, 0.6) is 0 Å². The van der Waals surface area contributed by atoms with Crippen molar-refractivity contribution in [3.05, 3.63) is 65.5 Å². The summed E-state index contributed by atoms with van der Waals surface area (Å²) in [7, 11) is -0.136. The number of nitrogens with one attached hydrogen (secondary N) is 3. The number of hydrogen-bond acceptors (Lipinski definition) is 4. The van der Waals surface area contributed by atoms with Gasteiger partial charge in [0.2, 0.25) is 10.0 Å². The van der Waals surface area contributed by atoms with E-state index >= 15 is 0 Å². The summed E-state index contributed by atoms with van der Waals surface area (Å²) < 4.78 is 38.4. The Balaban J connectivity index is 1.68. The lowest BCUT2D eigenvalue weighted by molar-refractivity contribution is 0.587. The van der Waals surface area contributed by atoms with Gasteiger partial charge in [-0.3, -0.25) is 4.99 Å². The topological polar surface area (TPSA) is 82.6 Å². The van der Waals surface area contributed by atoms with E-state index in [1.807, 2.05) is 24.3 Å². The minimum atomic E-state index is -3.26. The minimum Gasteiger partial charge on any atom is -0.356 e. The van der Waals surface area contributed by atoms with Crippen molar-refractivity contribution in [1.29, 1.82) is 0 Å². The molecule has 2 aromatic rings. The summed E-state index contributed by atoms with van der Waals surface area (Å²) in [6.07, 6.45) is 0.942. The van der Waals surface area contributed by atoms with Crippen LogP contribution in [0.2, 0.25) is 0 Å². The van der Waals surface area contributed by atoms with Crippen LogP contribution in [0.3, 0.4) is 0 Å². The average molecular weight is 439 g/mol. The Hall–Kier alpha value is -2.10. The fourth-order valence-electron chi connectivity index (χ4n) is 2.45. The summed E-state index contributed by atoms with van der Waals surface area (Å²) in [5, 5.41) is 6.50. The van der Waals surface area contributed by atoms with E-state index in [1.54, 1.807) is 30.9 Å². The molecule has 29 heavy (non-hydrogen) atoms. The smallest absolute Gasteiger partial charge is 0.215 e. The lowest BCUT2D eigenvalue weighted by Gasteiger charge is -2.12. The molecule has 2 aromatic carbocycles. The molecule has 9 heteroatoms. The molecule has 0 aliphatic heterocycles. The summed E-state index contributed by atoms with van der Waals surface area (Å²) in [6.45, 7) is 1.36. The van der Waals surface area contributed by atoms with Crippen LogP contribution in [-0.2, 0) is 22.3 Å². The first-order chi connectivity index (χ1) is 13.9. The molecule has 0 saturated heterocycles. The molecular formula is C20H27FN4O2S2. The van der Waals surface area contributed by atoms with Crippen molar-refractivity contribution < 1.29 is 12.8 Å². The quantitative estimate of drug-likeness (QED) is 0.230. The van der Waals surface area contributed by atoms with Crippen LogP contribution in [-0.4, -0.2) is 40.8 Å². The van der Waals surface area contributed by atoms with Gasteiger partial charge in [0.15, 0.2) is 5.96 Å². The van der Waals surface area contributed by atoms with Crippen LogP contribution in [0.25, 0.3) is 0 Å². The standard InChI is InChI=1S/C20H27FN4O2S2/c1-22-20(24-12-3-13-28-19-10-8-18(21)9-11-19)25-14-16-4-6-17(7-5-16)15-29(26,27)23-2/h4-11,23H,3,12-15H2,1-2H3,(H2,22,24,25). The second-order valence-corrected chi connectivity index (χ2v) is 9.38. The zero-order valence-electron chi connectivity index (χ0n) is 16.6. The highest BCUT2D eigenvalue weighted by Gasteiger charge is 2.08. The highest BCUT2D eigenvalue weighted by atomic mass is 32.2. The molecule has 0 spiro atoms. The Labute approximate surface area is 176 Å². The first-order valence-corrected chi connectivity index (χ1v) is 11.9. The summed E-state index contributed by atoms with van der Waals surface area (Å²) >= 11 is 1.69. The molecule has 2 rings (SSSR count). The van der Waals surface area contributed by atoms with Crippen molar-refractivity contribution in [3.8, 4) is 0 Å². The Morgan fingerprint density at radius 3 is 2.31 bits per heavy atom. The summed E-state index contributed by atoms with van der Waals surface area (Å²) in [6, 6.07) is 13.9. The van der Waals surface area contributed by atoms with Crippen LogP contribution in [0.15, 0.2) is 58.4 Å². The molecule has 0 atom stereocenters. The van der Waals surface area contributed by atoms with Crippen LogP contribution in [0, 0.1) is 5.82 Å². The molecule has 0 fully saturated rings. The second-order valence-electron chi connectivity index (χ2n) is 6.29. The Morgan fingerprint density at radius 2 is 1.69 bits per heavy atom. The van der Waals surface area contributed by atoms with Crippen molar-refractivity contribution in [2.24, 2.45) is 4.99 Å². The number of thioether (sulfide) groups is 1. The van der Waals surface area contributed by atoms with Gasteiger partial charge in [-0.1, -0.05) is 24.3 Å². The molecule has 0 radical (unpaired) electrons. The molecule has 0 aromatic heterocycles. The lowest BCUT2D eigenvalue weighted by Crippen LogP contribution is -2.37. The third-order valence-electron chi connectivity index (χ3n) is 4.07. The lowest BCUT2D eigenvalue weighted by atomic mass is 10.1. The molecule has 158 valence electrons. The van der Waals surface area contributed by atoms with E-state index in [-0.39, 0.29) is 11.6 Å². The summed E-state index contributed by atoms with van der Waals surface area (Å²) in [5.41, 5.74) is 1.77. The number of guanidine groups is 1. The van der Waals surface area contributed by atoms with Crippen molar-refractivity contribution in [1.82, 2.24) is 15.4 Å². The van der Waals surface area contributed by atoms with Gasteiger partial charge < -0.3 is 10.6 Å². The van der Waals surface area contributed by atoms with Gasteiger partial charge in [0.1, 0.15) is 5.82 Å². The van der Waals surface area contributed by atoms with Gasteiger partial charge in [-0.25, -0.2) is 17.5 Å². The number of rotatable bonds is 10. The maximum absolute atomic E-state index is 12.9. The van der Waals surface area contributed by atoms with Crippen molar-refractivity contribution >= 4 is 27.7 Å². The predicted octanol–water partition coefficient (Wildman–Crippen LogP) is 2.72. The van der Waals surface area contributed by atoms with Gasteiger partial charge in [-0.05, 0) is 54.6 Å². The normalized spacial score (nSPS) is 12.0. The summed E-state index contributed by atoms with van der Waals surface area (Å²) in [4.78, 5) is 5.26. The number of hydrogen-bond donors (Lipinski definition) is 3. The number of benzene rings is 2. The van der Waals surface area contributed by atoms with E-state index in [4.69, 9.17) is 0 Å². The van der Waals surface area contributed by atoms with E-state index in [0.29, 0.717) is 12.5 Å². The van der Waals surface area contributed by atoms with Crippen LogP contribution >= 0.6 is 11.8 Å². The molecule has 0 aliphatic carbocycles.